The van der Waals surface area contributed by atoms with Crippen LogP contribution in [0.5, 0.6) is 0 Å². The van der Waals surface area contributed by atoms with Crippen molar-refractivity contribution in [3.05, 3.63) is 11.7 Å². The van der Waals surface area contributed by atoms with Gasteiger partial charge in [0, 0.05) is 32.5 Å². The third kappa shape index (κ3) is 7.43. The number of guanidine groups is 1. The second-order valence-electron chi connectivity index (χ2n) is 6.27. The highest BCUT2D eigenvalue weighted by Gasteiger charge is 2.09. The van der Waals surface area contributed by atoms with E-state index in [2.05, 4.69) is 53.5 Å². The van der Waals surface area contributed by atoms with Crippen LogP contribution in [-0.4, -0.2) is 36.2 Å². The van der Waals surface area contributed by atoms with Crippen LogP contribution >= 0.6 is 0 Å². The quantitative estimate of drug-likeness (QED) is 0.417. The second-order valence-corrected chi connectivity index (χ2v) is 6.27. The summed E-state index contributed by atoms with van der Waals surface area (Å²) in [5.74, 6) is 3.34. The molecule has 0 bridgehead atoms. The molecule has 1 aromatic rings. The van der Waals surface area contributed by atoms with Crippen LogP contribution in [0.1, 0.15) is 64.6 Å². The van der Waals surface area contributed by atoms with Gasteiger partial charge in [-0.25, -0.2) is 0 Å². The van der Waals surface area contributed by atoms with E-state index in [9.17, 15) is 0 Å². The molecule has 126 valence electrons. The van der Waals surface area contributed by atoms with Crippen molar-refractivity contribution in [2.75, 3.05) is 20.1 Å². The molecule has 0 spiro atoms. The zero-order valence-corrected chi connectivity index (χ0v) is 14.6. The lowest BCUT2D eigenvalue weighted by Gasteiger charge is -2.11. The summed E-state index contributed by atoms with van der Waals surface area (Å²) in [4.78, 5) is 8.57. The standard InChI is InChI=1S/C16H31N5O/c1-12(2)8-6-7-10-18-16(17-5)19-11-9-14-20-15(13(3)4)21-22-14/h12-13H,6-11H2,1-5H3,(H2,17,18,19). The van der Waals surface area contributed by atoms with Crippen molar-refractivity contribution in [2.45, 2.75) is 59.3 Å². The van der Waals surface area contributed by atoms with Gasteiger partial charge in [-0.3, -0.25) is 4.99 Å². The highest BCUT2D eigenvalue weighted by atomic mass is 16.5. The molecule has 0 saturated carbocycles. The third-order valence-corrected chi connectivity index (χ3v) is 3.36. The fourth-order valence-electron chi connectivity index (χ4n) is 2.00. The molecule has 2 N–H and O–H groups in total. The Kier molecular flexibility index (Phi) is 8.55. The fourth-order valence-corrected chi connectivity index (χ4v) is 2.00. The van der Waals surface area contributed by atoms with E-state index in [1.54, 1.807) is 7.05 Å². The van der Waals surface area contributed by atoms with Crippen LogP contribution in [0, 0.1) is 5.92 Å². The molecule has 0 fully saturated rings. The van der Waals surface area contributed by atoms with Crippen molar-refractivity contribution in [1.82, 2.24) is 20.8 Å². The molecule has 0 saturated heterocycles. The summed E-state index contributed by atoms with van der Waals surface area (Å²) in [6.07, 6.45) is 4.40. The number of aliphatic imine (C=N–C) groups is 1. The molecule has 0 amide bonds. The van der Waals surface area contributed by atoms with Crippen molar-refractivity contribution in [3.8, 4) is 0 Å². The van der Waals surface area contributed by atoms with Gasteiger partial charge in [-0.15, -0.1) is 0 Å². The first-order valence-corrected chi connectivity index (χ1v) is 8.30. The minimum atomic E-state index is 0.297. The van der Waals surface area contributed by atoms with Gasteiger partial charge in [0.2, 0.25) is 5.89 Å². The van der Waals surface area contributed by atoms with Crippen LogP contribution in [-0.2, 0) is 6.42 Å². The minimum absolute atomic E-state index is 0.297. The van der Waals surface area contributed by atoms with Crippen LogP contribution in [0.4, 0.5) is 0 Å². The van der Waals surface area contributed by atoms with Crippen molar-refractivity contribution < 1.29 is 4.52 Å². The van der Waals surface area contributed by atoms with E-state index in [1.807, 2.05) is 0 Å². The largest absolute Gasteiger partial charge is 0.356 e. The van der Waals surface area contributed by atoms with Gasteiger partial charge in [-0.2, -0.15) is 4.98 Å². The number of rotatable bonds is 9. The van der Waals surface area contributed by atoms with Gasteiger partial charge in [0.25, 0.3) is 0 Å². The summed E-state index contributed by atoms with van der Waals surface area (Å²) in [6, 6.07) is 0. The van der Waals surface area contributed by atoms with Crippen LogP contribution in [0.25, 0.3) is 0 Å². The lowest BCUT2D eigenvalue weighted by atomic mass is 10.1. The van der Waals surface area contributed by atoms with E-state index in [4.69, 9.17) is 4.52 Å². The zero-order valence-electron chi connectivity index (χ0n) is 14.6. The molecule has 6 heteroatoms. The summed E-state index contributed by atoms with van der Waals surface area (Å²) in [6.45, 7) is 10.3. The van der Waals surface area contributed by atoms with Crippen LogP contribution in [0.15, 0.2) is 9.52 Å². The third-order valence-electron chi connectivity index (χ3n) is 3.36. The Bertz CT molecular complexity index is 439. The minimum Gasteiger partial charge on any atom is -0.356 e. The maximum Gasteiger partial charge on any atom is 0.228 e. The Labute approximate surface area is 134 Å². The Morgan fingerprint density at radius 3 is 2.45 bits per heavy atom. The lowest BCUT2D eigenvalue weighted by molar-refractivity contribution is 0.371. The second kappa shape index (κ2) is 10.2. The lowest BCUT2D eigenvalue weighted by Crippen LogP contribution is -2.38. The van der Waals surface area contributed by atoms with Gasteiger partial charge >= 0.3 is 0 Å². The predicted molar refractivity (Wildman–Crippen MR) is 90.1 cm³/mol. The topological polar surface area (TPSA) is 75.3 Å². The van der Waals surface area contributed by atoms with Gasteiger partial charge < -0.3 is 15.2 Å². The fraction of sp³-hybridized carbons (Fsp3) is 0.812. The summed E-state index contributed by atoms with van der Waals surface area (Å²) >= 11 is 0. The zero-order chi connectivity index (χ0) is 16.4. The summed E-state index contributed by atoms with van der Waals surface area (Å²) in [5, 5.41) is 10.6. The molecule has 0 atom stereocenters. The molecule has 6 nitrogen and oxygen atoms in total. The molecule has 0 aromatic carbocycles. The Balaban J connectivity index is 2.18. The number of hydrogen-bond acceptors (Lipinski definition) is 4. The van der Waals surface area contributed by atoms with Crippen LogP contribution < -0.4 is 10.6 Å². The van der Waals surface area contributed by atoms with E-state index in [0.29, 0.717) is 18.2 Å². The molecule has 1 aromatic heterocycles. The summed E-state index contributed by atoms with van der Waals surface area (Å²) < 4.78 is 5.22. The molecule has 0 radical (unpaired) electrons. The van der Waals surface area contributed by atoms with E-state index < -0.39 is 0 Å². The van der Waals surface area contributed by atoms with Crippen LogP contribution in [0.2, 0.25) is 0 Å². The number of hydrogen-bond donors (Lipinski definition) is 2. The molecule has 1 heterocycles. The van der Waals surface area contributed by atoms with Gasteiger partial charge in [-0.05, 0) is 12.3 Å². The Morgan fingerprint density at radius 2 is 1.86 bits per heavy atom. The number of nitrogens with zero attached hydrogens (tertiary/aromatic N) is 3. The van der Waals surface area contributed by atoms with E-state index >= 15 is 0 Å². The molecule has 1 rings (SSSR count). The summed E-state index contributed by atoms with van der Waals surface area (Å²) in [5.41, 5.74) is 0. The van der Waals surface area contributed by atoms with Crippen molar-refractivity contribution in [1.29, 1.82) is 0 Å². The highest BCUT2D eigenvalue weighted by Crippen LogP contribution is 2.09. The first-order valence-electron chi connectivity index (χ1n) is 8.30. The number of aromatic nitrogens is 2. The monoisotopic (exact) mass is 309 g/mol. The average molecular weight is 309 g/mol. The van der Waals surface area contributed by atoms with Gasteiger partial charge in [0.1, 0.15) is 0 Å². The molecule has 0 aliphatic heterocycles. The number of unbranched alkanes of at least 4 members (excludes halogenated alkanes) is 1. The highest BCUT2D eigenvalue weighted by molar-refractivity contribution is 5.79. The number of nitrogens with one attached hydrogen (secondary N) is 2. The molecule has 0 aliphatic rings. The van der Waals surface area contributed by atoms with Gasteiger partial charge in [0.05, 0.1) is 0 Å². The normalized spacial score (nSPS) is 12.2. The Hall–Kier alpha value is -1.59. The molecule has 22 heavy (non-hydrogen) atoms. The van der Waals surface area contributed by atoms with E-state index in [1.165, 1.54) is 19.3 Å². The van der Waals surface area contributed by atoms with E-state index in [0.717, 1.165) is 30.8 Å². The average Bonchev–Trinajstić information content (AvgIpc) is 2.93. The van der Waals surface area contributed by atoms with Crippen molar-refractivity contribution in [3.63, 3.8) is 0 Å². The van der Waals surface area contributed by atoms with Gasteiger partial charge in [0.15, 0.2) is 11.8 Å². The Morgan fingerprint density at radius 1 is 1.14 bits per heavy atom. The maximum atomic E-state index is 5.22. The molecule has 0 unspecified atom stereocenters. The van der Waals surface area contributed by atoms with E-state index in [-0.39, 0.29) is 0 Å². The maximum absolute atomic E-state index is 5.22. The summed E-state index contributed by atoms with van der Waals surface area (Å²) in [7, 11) is 1.78. The predicted octanol–water partition coefficient (Wildman–Crippen LogP) is 2.73. The first kappa shape index (κ1) is 18.5. The molecular formula is C16H31N5O. The van der Waals surface area contributed by atoms with Gasteiger partial charge in [-0.1, -0.05) is 45.7 Å². The SMILES string of the molecule is CN=C(NCCCCC(C)C)NCCc1nc(C(C)C)no1. The van der Waals surface area contributed by atoms with Crippen molar-refractivity contribution in [2.24, 2.45) is 10.9 Å². The first-order chi connectivity index (χ1) is 10.5. The molecule has 0 aliphatic carbocycles. The van der Waals surface area contributed by atoms with Crippen LogP contribution in [0.3, 0.4) is 0 Å². The molecular weight excluding hydrogens is 278 g/mol. The van der Waals surface area contributed by atoms with Crippen molar-refractivity contribution >= 4 is 5.96 Å². The smallest absolute Gasteiger partial charge is 0.228 e.